The number of piperazine rings is 1. The molecule has 0 radical (unpaired) electrons. The van der Waals surface area contributed by atoms with E-state index < -0.39 is 0 Å². The van der Waals surface area contributed by atoms with Crippen molar-refractivity contribution in [2.24, 2.45) is 0 Å². The van der Waals surface area contributed by atoms with E-state index in [1.165, 1.54) is 4.90 Å². The molecule has 0 spiro atoms. The number of anilines is 1. The molecule has 1 fully saturated rings. The summed E-state index contributed by atoms with van der Waals surface area (Å²) >= 11 is 0. The van der Waals surface area contributed by atoms with Crippen LogP contribution in [0.2, 0.25) is 0 Å². The number of rotatable bonds is 4. The number of benzene rings is 1. The summed E-state index contributed by atoms with van der Waals surface area (Å²) in [6.07, 6.45) is 0. The van der Waals surface area contributed by atoms with Gasteiger partial charge in [-0.25, -0.2) is 4.98 Å². The molecule has 1 aromatic carbocycles. The fourth-order valence-electron chi connectivity index (χ4n) is 3.04. The van der Waals surface area contributed by atoms with Gasteiger partial charge in [-0.1, -0.05) is 31.2 Å². The summed E-state index contributed by atoms with van der Waals surface area (Å²) in [6.45, 7) is 6.25. The lowest BCUT2D eigenvalue weighted by Gasteiger charge is -2.33. The fourth-order valence-corrected chi connectivity index (χ4v) is 3.04. The minimum atomic E-state index is -0.235. The van der Waals surface area contributed by atoms with Gasteiger partial charge in [-0.05, 0) is 30.8 Å². The summed E-state index contributed by atoms with van der Waals surface area (Å²) in [5.74, 6) is -0.348. The molecule has 0 N–H and O–H groups in total. The number of para-hydroxylation sites is 1. The largest absolute Gasteiger partial charge is 0.335 e. The first-order valence-electron chi connectivity index (χ1n) is 8.92. The van der Waals surface area contributed by atoms with Gasteiger partial charge in [0, 0.05) is 38.9 Å². The number of amides is 2. The Morgan fingerprint density at radius 2 is 1.62 bits per heavy atom. The standard InChI is InChI=1S/C20H24N4O2/c1-3-23-12-14-24(15-13-23)20(26)18-11-7-10-17(21-18)19(25)22(2)16-8-5-4-6-9-16/h4-11H,3,12-15H2,1-2H3. The van der Waals surface area contributed by atoms with Crippen LogP contribution >= 0.6 is 0 Å². The molecule has 3 rings (SSSR count). The maximum atomic E-state index is 12.7. The highest BCUT2D eigenvalue weighted by atomic mass is 16.2. The van der Waals surface area contributed by atoms with Gasteiger partial charge >= 0.3 is 0 Å². The number of hydrogen-bond donors (Lipinski definition) is 0. The first kappa shape index (κ1) is 18.1. The minimum Gasteiger partial charge on any atom is -0.335 e. The predicted molar refractivity (Wildman–Crippen MR) is 101 cm³/mol. The van der Waals surface area contributed by atoms with Crippen LogP contribution in [0.1, 0.15) is 27.9 Å². The molecule has 2 heterocycles. The molecule has 0 atom stereocenters. The molecule has 0 saturated carbocycles. The van der Waals surface area contributed by atoms with Crippen LogP contribution in [0.3, 0.4) is 0 Å². The first-order valence-corrected chi connectivity index (χ1v) is 8.92. The highest BCUT2D eigenvalue weighted by Crippen LogP contribution is 2.15. The number of pyridine rings is 1. The monoisotopic (exact) mass is 352 g/mol. The Bertz CT molecular complexity index is 770. The molecule has 0 bridgehead atoms. The zero-order chi connectivity index (χ0) is 18.5. The van der Waals surface area contributed by atoms with E-state index in [4.69, 9.17) is 0 Å². The molecule has 1 saturated heterocycles. The van der Waals surface area contributed by atoms with E-state index in [0.29, 0.717) is 18.8 Å². The number of carbonyl (C=O) groups excluding carboxylic acids is 2. The number of carbonyl (C=O) groups is 2. The topological polar surface area (TPSA) is 56.8 Å². The normalized spacial score (nSPS) is 14.9. The smallest absolute Gasteiger partial charge is 0.276 e. The van der Waals surface area contributed by atoms with Gasteiger partial charge in [0.25, 0.3) is 11.8 Å². The molecule has 1 aliphatic heterocycles. The second kappa shape index (κ2) is 8.10. The maximum absolute atomic E-state index is 12.7. The van der Waals surface area contributed by atoms with Crippen LogP contribution in [0.5, 0.6) is 0 Å². The highest BCUT2D eigenvalue weighted by molar-refractivity contribution is 6.05. The van der Waals surface area contributed by atoms with Crippen molar-refractivity contribution in [2.75, 3.05) is 44.7 Å². The number of likely N-dealkylation sites (N-methyl/N-ethyl adjacent to an activating group) is 1. The van der Waals surface area contributed by atoms with Gasteiger partial charge in [0.15, 0.2) is 0 Å². The fraction of sp³-hybridized carbons (Fsp3) is 0.350. The lowest BCUT2D eigenvalue weighted by atomic mass is 10.2. The van der Waals surface area contributed by atoms with Crippen molar-refractivity contribution >= 4 is 17.5 Å². The molecule has 6 nitrogen and oxygen atoms in total. The van der Waals surface area contributed by atoms with Crippen LogP contribution in [0.25, 0.3) is 0 Å². The van der Waals surface area contributed by atoms with Gasteiger partial charge in [0.05, 0.1) is 0 Å². The van der Waals surface area contributed by atoms with Crippen LogP contribution in [-0.4, -0.2) is 66.4 Å². The molecular formula is C20H24N4O2. The van der Waals surface area contributed by atoms with Crippen LogP contribution in [-0.2, 0) is 0 Å². The van der Waals surface area contributed by atoms with Gasteiger partial charge in [-0.15, -0.1) is 0 Å². The van der Waals surface area contributed by atoms with Crippen molar-refractivity contribution < 1.29 is 9.59 Å². The summed E-state index contributed by atoms with van der Waals surface area (Å²) in [4.78, 5) is 35.4. The van der Waals surface area contributed by atoms with Crippen molar-refractivity contribution in [1.29, 1.82) is 0 Å². The van der Waals surface area contributed by atoms with E-state index in [-0.39, 0.29) is 17.5 Å². The van der Waals surface area contributed by atoms with E-state index >= 15 is 0 Å². The second-order valence-corrected chi connectivity index (χ2v) is 6.33. The third-order valence-corrected chi connectivity index (χ3v) is 4.74. The predicted octanol–water partition coefficient (Wildman–Crippen LogP) is 2.14. The Kier molecular flexibility index (Phi) is 5.63. The zero-order valence-corrected chi connectivity index (χ0v) is 15.3. The molecule has 1 aromatic heterocycles. The van der Waals surface area contributed by atoms with Gasteiger partial charge < -0.3 is 14.7 Å². The van der Waals surface area contributed by atoms with Crippen LogP contribution in [0.4, 0.5) is 5.69 Å². The number of hydrogen-bond acceptors (Lipinski definition) is 4. The van der Waals surface area contributed by atoms with Crippen LogP contribution in [0, 0.1) is 0 Å². The summed E-state index contributed by atoms with van der Waals surface area (Å²) in [5.41, 5.74) is 1.38. The summed E-state index contributed by atoms with van der Waals surface area (Å²) in [7, 11) is 1.71. The van der Waals surface area contributed by atoms with Gasteiger partial charge in [0.1, 0.15) is 11.4 Å². The van der Waals surface area contributed by atoms with E-state index in [0.717, 1.165) is 25.3 Å². The molecule has 0 unspecified atom stereocenters. The average Bonchev–Trinajstić information content (AvgIpc) is 2.73. The third-order valence-electron chi connectivity index (χ3n) is 4.74. The Labute approximate surface area is 154 Å². The van der Waals surface area contributed by atoms with E-state index in [2.05, 4.69) is 16.8 Å². The lowest BCUT2D eigenvalue weighted by Crippen LogP contribution is -2.48. The van der Waals surface area contributed by atoms with Gasteiger partial charge in [0.2, 0.25) is 0 Å². The Hall–Kier alpha value is -2.73. The van der Waals surface area contributed by atoms with Gasteiger partial charge in [-0.3, -0.25) is 9.59 Å². The Morgan fingerprint density at radius 3 is 2.27 bits per heavy atom. The molecule has 0 aliphatic carbocycles. The first-order chi connectivity index (χ1) is 12.6. The molecule has 1 aliphatic rings. The summed E-state index contributed by atoms with van der Waals surface area (Å²) in [5, 5.41) is 0. The molecule has 2 aromatic rings. The highest BCUT2D eigenvalue weighted by Gasteiger charge is 2.23. The Balaban J connectivity index is 1.74. The van der Waals surface area contributed by atoms with Crippen molar-refractivity contribution in [3.63, 3.8) is 0 Å². The van der Waals surface area contributed by atoms with E-state index in [1.807, 2.05) is 35.2 Å². The third kappa shape index (κ3) is 3.91. The van der Waals surface area contributed by atoms with Crippen molar-refractivity contribution in [3.8, 4) is 0 Å². The van der Waals surface area contributed by atoms with Crippen molar-refractivity contribution in [2.45, 2.75) is 6.92 Å². The van der Waals surface area contributed by atoms with E-state index in [9.17, 15) is 9.59 Å². The molecule has 6 heteroatoms. The van der Waals surface area contributed by atoms with Gasteiger partial charge in [-0.2, -0.15) is 0 Å². The van der Waals surface area contributed by atoms with Crippen molar-refractivity contribution in [3.05, 3.63) is 59.9 Å². The molecular weight excluding hydrogens is 328 g/mol. The average molecular weight is 352 g/mol. The molecule has 136 valence electrons. The van der Waals surface area contributed by atoms with E-state index in [1.54, 1.807) is 25.2 Å². The van der Waals surface area contributed by atoms with Crippen LogP contribution < -0.4 is 4.90 Å². The second-order valence-electron chi connectivity index (χ2n) is 6.33. The molecule has 2 amide bonds. The summed E-state index contributed by atoms with van der Waals surface area (Å²) < 4.78 is 0. The maximum Gasteiger partial charge on any atom is 0.276 e. The summed E-state index contributed by atoms with van der Waals surface area (Å²) in [6, 6.07) is 14.4. The number of aromatic nitrogens is 1. The van der Waals surface area contributed by atoms with Crippen LogP contribution in [0.15, 0.2) is 48.5 Å². The lowest BCUT2D eigenvalue weighted by molar-refractivity contribution is 0.0637. The minimum absolute atomic E-state index is 0.113. The van der Waals surface area contributed by atoms with Crippen molar-refractivity contribution in [1.82, 2.24) is 14.8 Å². The molecule has 26 heavy (non-hydrogen) atoms. The SMILES string of the molecule is CCN1CCN(C(=O)c2cccc(C(=O)N(C)c3ccccc3)n2)CC1. The zero-order valence-electron chi connectivity index (χ0n) is 15.3. The quantitative estimate of drug-likeness (QED) is 0.846. The Morgan fingerprint density at radius 1 is 0.962 bits per heavy atom. The number of nitrogens with zero attached hydrogens (tertiary/aromatic N) is 4.